The number of hydrogen-bond donors (Lipinski definition) is 3. The molecule has 5 aliphatic rings. The van der Waals surface area contributed by atoms with Crippen molar-refractivity contribution < 1.29 is 28.4 Å². The number of aryl methyl sites for hydroxylation is 2. The lowest BCUT2D eigenvalue weighted by atomic mass is 9.86. The minimum atomic E-state index is -1.09. The number of halogens is 2. The Bertz CT molecular complexity index is 2150. The zero-order valence-electron chi connectivity index (χ0n) is 31.6. The van der Waals surface area contributed by atoms with Crippen molar-refractivity contribution in [2.24, 2.45) is 5.92 Å². The van der Waals surface area contributed by atoms with Crippen LogP contribution in [-0.4, -0.2) is 94.1 Å². The number of nitrogens with one attached hydrogen (secondary N) is 3. The largest absolute Gasteiger partial charge is 0.356 e. The van der Waals surface area contributed by atoms with Crippen LogP contribution in [-0.2, 0) is 14.4 Å². The summed E-state index contributed by atoms with van der Waals surface area (Å²) in [6, 6.07) is 9.27. The summed E-state index contributed by atoms with van der Waals surface area (Å²) in [6.07, 6.45) is 6.02. The molecule has 2 unspecified atom stereocenters. The summed E-state index contributed by atoms with van der Waals surface area (Å²) in [6.45, 7) is 8.09. The molecule has 0 aliphatic carbocycles. The van der Waals surface area contributed by atoms with Gasteiger partial charge in [0.05, 0.1) is 26.9 Å². The highest BCUT2D eigenvalue weighted by Gasteiger charge is 2.45. The van der Waals surface area contributed by atoms with Crippen LogP contribution >= 0.6 is 23.4 Å². The molecule has 2 aromatic carbocycles. The van der Waals surface area contributed by atoms with Gasteiger partial charge in [-0.2, -0.15) is 0 Å². The van der Waals surface area contributed by atoms with Crippen molar-refractivity contribution in [3.63, 3.8) is 0 Å². The van der Waals surface area contributed by atoms with Gasteiger partial charge in [-0.1, -0.05) is 35.5 Å². The summed E-state index contributed by atoms with van der Waals surface area (Å²) in [4.78, 5) is 78.9. The molecule has 8 rings (SSSR count). The fourth-order valence-corrected chi connectivity index (χ4v) is 9.94. The van der Waals surface area contributed by atoms with Gasteiger partial charge in [-0.05, 0) is 100 Å². The number of carbonyl (C=O) groups is 5. The molecule has 298 valence electrons. The van der Waals surface area contributed by atoms with E-state index in [1.165, 1.54) is 17.8 Å². The predicted molar refractivity (Wildman–Crippen MR) is 214 cm³/mol. The molecule has 0 radical (unpaired) electrons. The molecule has 5 aliphatic heterocycles. The number of imide groups is 2. The van der Waals surface area contributed by atoms with Gasteiger partial charge in [0, 0.05) is 38.3 Å². The van der Waals surface area contributed by atoms with Gasteiger partial charge in [0.2, 0.25) is 18.2 Å². The molecule has 0 bridgehead atoms. The molecule has 6 heterocycles. The highest BCUT2D eigenvalue weighted by Crippen LogP contribution is 2.41. The number of para-hydroxylation sites is 1. The van der Waals surface area contributed by atoms with Gasteiger partial charge in [0.15, 0.2) is 5.50 Å². The van der Waals surface area contributed by atoms with Crippen LogP contribution in [0.25, 0.3) is 0 Å². The van der Waals surface area contributed by atoms with Crippen LogP contribution in [0.15, 0.2) is 47.6 Å². The first-order valence-corrected chi connectivity index (χ1v) is 20.5. The Kier molecular flexibility index (Phi) is 10.9. The molecular weight excluding hydrogens is 773 g/mol. The van der Waals surface area contributed by atoms with E-state index in [1.807, 2.05) is 49.2 Å². The zero-order chi connectivity index (χ0) is 40.0. The third-order valence-corrected chi connectivity index (χ3v) is 12.9. The Morgan fingerprint density at radius 1 is 0.965 bits per heavy atom. The van der Waals surface area contributed by atoms with Gasteiger partial charge in [-0.3, -0.25) is 34.2 Å². The van der Waals surface area contributed by atoms with Crippen molar-refractivity contribution >= 4 is 70.7 Å². The molecule has 17 heteroatoms. The second-order valence-corrected chi connectivity index (χ2v) is 16.7. The normalized spacial score (nSPS) is 22.2. The van der Waals surface area contributed by atoms with E-state index in [9.17, 15) is 24.0 Å². The molecule has 1 aromatic heterocycles. The standard InChI is InChI=1S/C40H43ClFN9O5S/c1-22-4-3-5-29(41)36(22)50-20-35(43-21-52)57-40(50)46-32-18-33(45-23(2)44-32)49-14-8-24(9-15-49)19-48-12-10-25(11-13-48)26-16-27-28(17-30(26)42)39(56)51(38(27)55)31-6-7-34(53)47-37(31)54/h3-5,16-18,20-21,24-25,31,40H,6-15,19H2,1-2H3,(H,43,52)(H,44,45,46)(H,47,53,54). The van der Waals surface area contributed by atoms with E-state index >= 15 is 4.39 Å². The van der Waals surface area contributed by atoms with E-state index < -0.39 is 35.5 Å². The Hall–Kier alpha value is -5.06. The number of thioether (sulfide) groups is 1. The summed E-state index contributed by atoms with van der Waals surface area (Å²) in [5, 5.41) is 9.76. The minimum absolute atomic E-state index is 0.0231. The number of fused-ring (bicyclic) bond motifs is 1. The van der Waals surface area contributed by atoms with Gasteiger partial charge in [0.1, 0.15) is 29.3 Å². The lowest BCUT2D eigenvalue weighted by Crippen LogP contribution is -2.54. The van der Waals surface area contributed by atoms with Crippen molar-refractivity contribution in [1.29, 1.82) is 0 Å². The molecule has 3 aromatic rings. The first-order valence-electron chi connectivity index (χ1n) is 19.2. The van der Waals surface area contributed by atoms with Crippen LogP contribution < -0.4 is 25.8 Å². The minimum Gasteiger partial charge on any atom is -0.356 e. The second kappa shape index (κ2) is 16.1. The van der Waals surface area contributed by atoms with Crippen LogP contribution in [0.1, 0.15) is 82.1 Å². The Morgan fingerprint density at radius 3 is 2.40 bits per heavy atom. The molecular formula is C40H43ClFN9O5S. The summed E-state index contributed by atoms with van der Waals surface area (Å²) in [5.41, 5.74) is 2.02. The maximum Gasteiger partial charge on any atom is 0.262 e. The first-order chi connectivity index (χ1) is 27.5. The number of carbonyl (C=O) groups excluding carboxylic acids is 5. The lowest BCUT2D eigenvalue weighted by Gasteiger charge is -2.38. The third kappa shape index (κ3) is 7.82. The highest BCUT2D eigenvalue weighted by atomic mass is 35.5. The summed E-state index contributed by atoms with van der Waals surface area (Å²) in [5.74, 6) is -0.430. The Labute approximate surface area is 338 Å². The number of piperidine rings is 3. The monoisotopic (exact) mass is 815 g/mol. The van der Waals surface area contributed by atoms with Crippen LogP contribution in [0.2, 0.25) is 5.02 Å². The maximum absolute atomic E-state index is 15.5. The number of aromatic nitrogens is 2. The number of rotatable bonds is 10. The maximum atomic E-state index is 15.5. The van der Waals surface area contributed by atoms with E-state index in [1.54, 1.807) is 0 Å². The van der Waals surface area contributed by atoms with Crippen molar-refractivity contribution in [3.05, 3.63) is 86.5 Å². The van der Waals surface area contributed by atoms with E-state index in [2.05, 4.69) is 30.7 Å². The first kappa shape index (κ1) is 38.8. The Balaban J connectivity index is 0.856. The van der Waals surface area contributed by atoms with E-state index in [4.69, 9.17) is 16.6 Å². The molecule has 5 amide bonds. The van der Waals surface area contributed by atoms with E-state index in [0.29, 0.717) is 39.6 Å². The molecule has 14 nitrogen and oxygen atoms in total. The lowest BCUT2D eigenvalue weighted by molar-refractivity contribution is -0.136. The smallest absolute Gasteiger partial charge is 0.262 e. The molecule has 2 atom stereocenters. The molecule has 3 N–H and O–H groups in total. The highest BCUT2D eigenvalue weighted by molar-refractivity contribution is 8.04. The number of amides is 5. The molecule has 3 fully saturated rings. The summed E-state index contributed by atoms with van der Waals surface area (Å²) in [7, 11) is 0. The second-order valence-electron chi connectivity index (χ2n) is 15.2. The number of benzene rings is 2. The number of nitrogens with zero attached hydrogens (tertiary/aromatic N) is 6. The van der Waals surface area contributed by atoms with Crippen LogP contribution in [0.3, 0.4) is 0 Å². The van der Waals surface area contributed by atoms with Gasteiger partial charge < -0.3 is 25.3 Å². The summed E-state index contributed by atoms with van der Waals surface area (Å²) >= 11 is 8.09. The van der Waals surface area contributed by atoms with Gasteiger partial charge in [-0.25, -0.2) is 14.4 Å². The fourth-order valence-electron chi connectivity index (χ4n) is 8.63. The van der Waals surface area contributed by atoms with Crippen molar-refractivity contribution in [3.8, 4) is 0 Å². The van der Waals surface area contributed by atoms with Crippen molar-refractivity contribution in [1.82, 2.24) is 30.4 Å². The van der Waals surface area contributed by atoms with Gasteiger partial charge >= 0.3 is 0 Å². The van der Waals surface area contributed by atoms with Gasteiger partial charge in [-0.15, -0.1) is 0 Å². The topological polar surface area (TPSA) is 160 Å². The number of hydrogen-bond acceptors (Lipinski definition) is 12. The SMILES string of the molecule is Cc1nc(NC2SC(NC=O)=CN2c2c(C)cccc2Cl)cc(N2CCC(CN3CCC(c4cc5c(cc4F)C(=O)N(C4CCC(=O)NC4=O)C5=O)CC3)CC2)n1. The van der Waals surface area contributed by atoms with Crippen LogP contribution in [0.4, 0.5) is 21.7 Å². The quantitative estimate of drug-likeness (QED) is 0.189. The predicted octanol–water partition coefficient (Wildman–Crippen LogP) is 4.88. The van der Waals surface area contributed by atoms with Crippen molar-refractivity contribution in [2.75, 3.05) is 47.8 Å². The van der Waals surface area contributed by atoms with Crippen molar-refractivity contribution in [2.45, 2.75) is 69.8 Å². The number of likely N-dealkylation sites (tertiary alicyclic amines) is 1. The zero-order valence-corrected chi connectivity index (χ0v) is 33.2. The average molecular weight is 816 g/mol. The average Bonchev–Trinajstić information content (AvgIpc) is 3.67. The van der Waals surface area contributed by atoms with E-state index in [0.717, 1.165) is 86.4 Å². The number of anilines is 3. The van der Waals surface area contributed by atoms with Crippen LogP contribution in [0.5, 0.6) is 0 Å². The molecule has 0 saturated carbocycles. The summed E-state index contributed by atoms with van der Waals surface area (Å²) < 4.78 is 15.5. The van der Waals surface area contributed by atoms with Gasteiger partial charge in [0.25, 0.3) is 11.8 Å². The molecule has 57 heavy (non-hydrogen) atoms. The Morgan fingerprint density at radius 2 is 1.70 bits per heavy atom. The fraction of sp³-hybridized carbons (Fsp3) is 0.425. The van der Waals surface area contributed by atoms with Crippen LogP contribution in [0, 0.1) is 25.6 Å². The molecule has 0 spiro atoms. The molecule has 3 saturated heterocycles. The van der Waals surface area contributed by atoms with E-state index in [-0.39, 0.29) is 35.4 Å². The third-order valence-electron chi connectivity index (χ3n) is 11.5.